The molecule has 0 bridgehead atoms. The number of likely N-dealkylation sites (tertiary alicyclic amines) is 1. The minimum Gasteiger partial charge on any atom is -0.494 e. The zero-order valence-electron chi connectivity index (χ0n) is 16.6. The molecule has 0 spiro atoms. The zero-order valence-corrected chi connectivity index (χ0v) is 16.6. The minimum atomic E-state index is 0.0516. The third-order valence-corrected chi connectivity index (χ3v) is 5.51. The summed E-state index contributed by atoms with van der Waals surface area (Å²) >= 11 is 0. The highest BCUT2D eigenvalue weighted by Gasteiger charge is 2.25. The van der Waals surface area contributed by atoms with Gasteiger partial charge in [0, 0.05) is 43.2 Å². The molecule has 150 valence electrons. The average molecular weight is 384 g/mol. The molecule has 4 rings (SSSR count). The Bertz CT molecular complexity index is 810. The Labute approximate surface area is 165 Å². The highest BCUT2D eigenvalue weighted by molar-refractivity contribution is 5.93. The van der Waals surface area contributed by atoms with Crippen LogP contribution in [0.15, 0.2) is 35.1 Å². The van der Waals surface area contributed by atoms with Crippen LogP contribution >= 0.6 is 0 Å². The number of piperidine rings is 1. The van der Waals surface area contributed by atoms with Gasteiger partial charge in [-0.3, -0.25) is 4.79 Å². The summed E-state index contributed by atoms with van der Waals surface area (Å²) in [6, 6.07) is 6.36. The van der Waals surface area contributed by atoms with E-state index in [2.05, 4.69) is 24.4 Å². The molecule has 2 aliphatic rings. The summed E-state index contributed by atoms with van der Waals surface area (Å²) in [5, 5.41) is 3.64. The predicted molar refractivity (Wildman–Crippen MR) is 106 cm³/mol. The number of hydrogen-bond donors (Lipinski definition) is 1. The number of rotatable bonds is 6. The Balaban J connectivity index is 1.34. The summed E-state index contributed by atoms with van der Waals surface area (Å²) in [4.78, 5) is 14.3. The molecule has 1 aromatic carbocycles. The molecule has 6 heteroatoms. The Hall–Kier alpha value is -2.47. The Morgan fingerprint density at radius 3 is 2.86 bits per heavy atom. The minimum absolute atomic E-state index is 0.0516. The van der Waals surface area contributed by atoms with E-state index in [0.717, 1.165) is 56.0 Å². The first-order valence-electron chi connectivity index (χ1n) is 10.1. The van der Waals surface area contributed by atoms with Crippen molar-refractivity contribution in [2.75, 3.05) is 19.7 Å². The SMILES string of the molecule is CCOc1cc2c(cc1CNC1CCN(C(=O)c3ccoc3)CC1)OC(C)C2. The van der Waals surface area contributed by atoms with Crippen molar-refractivity contribution in [1.82, 2.24) is 10.2 Å². The lowest BCUT2D eigenvalue weighted by molar-refractivity contribution is 0.0704. The van der Waals surface area contributed by atoms with Crippen molar-refractivity contribution < 1.29 is 18.7 Å². The molecule has 3 heterocycles. The Morgan fingerprint density at radius 1 is 1.32 bits per heavy atom. The van der Waals surface area contributed by atoms with Gasteiger partial charge in [0.05, 0.1) is 18.4 Å². The zero-order chi connectivity index (χ0) is 19.5. The van der Waals surface area contributed by atoms with Crippen molar-refractivity contribution in [3.8, 4) is 11.5 Å². The van der Waals surface area contributed by atoms with Gasteiger partial charge in [0.2, 0.25) is 0 Å². The Kier molecular flexibility index (Phi) is 5.57. The molecule has 1 N–H and O–H groups in total. The van der Waals surface area contributed by atoms with E-state index in [1.165, 1.54) is 11.8 Å². The summed E-state index contributed by atoms with van der Waals surface area (Å²) in [6.45, 7) is 7.00. The first-order chi connectivity index (χ1) is 13.6. The molecule has 0 aliphatic carbocycles. The van der Waals surface area contributed by atoms with Crippen molar-refractivity contribution in [1.29, 1.82) is 0 Å². The number of ether oxygens (including phenoxy) is 2. The van der Waals surface area contributed by atoms with Crippen LogP contribution in [0.25, 0.3) is 0 Å². The molecule has 2 aromatic rings. The maximum Gasteiger partial charge on any atom is 0.257 e. The van der Waals surface area contributed by atoms with Gasteiger partial charge in [-0.2, -0.15) is 0 Å². The van der Waals surface area contributed by atoms with Gasteiger partial charge in [0.15, 0.2) is 0 Å². The lowest BCUT2D eigenvalue weighted by Gasteiger charge is -2.32. The largest absolute Gasteiger partial charge is 0.494 e. The van der Waals surface area contributed by atoms with Gasteiger partial charge in [-0.05, 0) is 44.9 Å². The van der Waals surface area contributed by atoms with E-state index in [1.807, 2.05) is 11.8 Å². The van der Waals surface area contributed by atoms with Crippen LogP contribution in [0.4, 0.5) is 0 Å². The number of nitrogens with one attached hydrogen (secondary N) is 1. The fourth-order valence-corrected chi connectivity index (χ4v) is 4.02. The number of amides is 1. The average Bonchev–Trinajstić information content (AvgIpc) is 3.35. The van der Waals surface area contributed by atoms with Gasteiger partial charge >= 0.3 is 0 Å². The normalized spacial score (nSPS) is 19.4. The van der Waals surface area contributed by atoms with E-state index >= 15 is 0 Å². The number of carbonyl (C=O) groups is 1. The predicted octanol–water partition coefficient (Wildman–Crippen LogP) is 3.40. The van der Waals surface area contributed by atoms with E-state index in [-0.39, 0.29) is 12.0 Å². The number of fused-ring (bicyclic) bond motifs is 1. The second kappa shape index (κ2) is 8.27. The van der Waals surface area contributed by atoms with Crippen molar-refractivity contribution in [3.63, 3.8) is 0 Å². The maximum atomic E-state index is 12.4. The number of benzene rings is 1. The molecule has 1 atom stereocenters. The molecule has 1 unspecified atom stereocenters. The topological polar surface area (TPSA) is 63.9 Å². The highest BCUT2D eigenvalue weighted by atomic mass is 16.5. The van der Waals surface area contributed by atoms with Gasteiger partial charge in [-0.1, -0.05) is 0 Å². The maximum absolute atomic E-state index is 12.4. The van der Waals surface area contributed by atoms with E-state index < -0.39 is 0 Å². The van der Waals surface area contributed by atoms with Crippen molar-refractivity contribution in [3.05, 3.63) is 47.4 Å². The van der Waals surface area contributed by atoms with E-state index in [4.69, 9.17) is 13.9 Å². The van der Waals surface area contributed by atoms with Gasteiger partial charge in [-0.25, -0.2) is 0 Å². The number of nitrogens with zero attached hydrogens (tertiary/aromatic N) is 1. The van der Waals surface area contributed by atoms with E-state index in [9.17, 15) is 4.79 Å². The molecule has 28 heavy (non-hydrogen) atoms. The van der Waals surface area contributed by atoms with E-state index in [1.54, 1.807) is 12.3 Å². The molecule has 2 aliphatic heterocycles. The summed E-state index contributed by atoms with van der Waals surface area (Å²) in [6.07, 6.45) is 6.09. The van der Waals surface area contributed by atoms with Crippen LogP contribution in [-0.4, -0.2) is 42.6 Å². The van der Waals surface area contributed by atoms with Crippen LogP contribution in [0.1, 0.15) is 48.2 Å². The second-order valence-corrected chi connectivity index (χ2v) is 7.59. The summed E-state index contributed by atoms with van der Waals surface area (Å²) in [5.41, 5.74) is 2.98. The van der Waals surface area contributed by atoms with Gasteiger partial charge in [0.1, 0.15) is 23.9 Å². The monoisotopic (exact) mass is 384 g/mol. The molecular weight excluding hydrogens is 356 g/mol. The molecule has 1 fully saturated rings. The fourth-order valence-electron chi connectivity index (χ4n) is 4.02. The van der Waals surface area contributed by atoms with Crippen LogP contribution < -0.4 is 14.8 Å². The van der Waals surface area contributed by atoms with Crippen LogP contribution in [0.5, 0.6) is 11.5 Å². The first kappa shape index (κ1) is 18.9. The van der Waals surface area contributed by atoms with Crippen molar-refractivity contribution in [2.45, 2.75) is 51.8 Å². The molecule has 6 nitrogen and oxygen atoms in total. The van der Waals surface area contributed by atoms with Crippen molar-refractivity contribution >= 4 is 5.91 Å². The van der Waals surface area contributed by atoms with Crippen molar-refractivity contribution in [2.24, 2.45) is 0 Å². The molecule has 0 saturated carbocycles. The summed E-state index contributed by atoms with van der Waals surface area (Å²) in [5.74, 6) is 1.98. The summed E-state index contributed by atoms with van der Waals surface area (Å²) in [7, 11) is 0. The summed E-state index contributed by atoms with van der Waals surface area (Å²) < 4.78 is 16.8. The smallest absolute Gasteiger partial charge is 0.257 e. The van der Waals surface area contributed by atoms with E-state index in [0.29, 0.717) is 18.2 Å². The number of carbonyl (C=O) groups excluding carboxylic acids is 1. The highest BCUT2D eigenvalue weighted by Crippen LogP contribution is 2.35. The van der Waals surface area contributed by atoms with Gasteiger partial charge in [0.25, 0.3) is 5.91 Å². The van der Waals surface area contributed by atoms with Gasteiger partial charge in [-0.15, -0.1) is 0 Å². The lowest BCUT2D eigenvalue weighted by atomic mass is 10.0. The van der Waals surface area contributed by atoms with Crippen LogP contribution in [-0.2, 0) is 13.0 Å². The fraction of sp³-hybridized carbons (Fsp3) is 0.500. The Morgan fingerprint density at radius 2 is 2.14 bits per heavy atom. The van der Waals surface area contributed by atoms with Crippen LogP contribution in [0.3, 0.4) is 0 Å². The number of furan rings is 1. The van der Waals surface area contributed by atoms with Gasteiger partial charge < -0.3 is 24.1 Å². The van der Waals surface area contributed by atoms with Crippen LogP contribution in [0.2, 0.25) is 0 Å². The number of hydrogen-bond acceptors (Lipinski definition) is 5. The first-order valence-corrected chi connectivity index (χ1v) is 10.1. The molecular formula is C22H28N2O4. The molecule has 0 radical (unpaired) electrons. The standard InChI is InChI=1S/C22H28N2O4/c1-3-27-20-11-17-10-15(2)28-21(17)12-18(20)13-23-19-4-7-24(8-5-19)22(25)16-6-9-26-14-16/h6,9,11-12,14-15,19,23H,3-5,7-8,10,13H2,1-2H3. The quantitative estimate of drug-likeness (QED) is 0.827. The third-order valence-electron chi connectivity index (χ3n) is 5.51. The van der Waals surface area contributed by atoms with Crippen LogP contribution in [0, 0.1) is 0 Å². The second-order valence-electron chi connectivity index (χ2n) is 7.59. The molecule has 1 aromatic heterocycles. The molecule has 1 amide bonds. The lowest BCUT2D eigenvalue weighted by Crippen LogP contribution is -2.44. The molecule has 1 saturated heterocycles. The third kappa shape index (κ3) is 4.02.